The summed E-state index contributed by atoms with van der Waals surface area (Å²) in [6, 6.07) is 7.89. The van der Waals surface area contributed by atoms with Crippen LogP contribution in [0.2, 0.25) is 0 Å². The number of rotatable bonds is 13. The first kappa shape index (κ1) is 39.2. The first-order valence-corrected chi connectivity index (χ1v) is 16.7. The van der Waals surface area contributed by atoms with E-state index in [2.05, 4.69) is 10.0 Å². The minimum absolute atomic E-state index is 0.437. The minimum atomic E-state index is -1.73. The predicted molar refractivity (Wildman–Crippen MR) is 162 cm³/mol. The summed E-state index contributed by atoms with van der Waals surface area (Å²) < 4.78 is 52.0. The standard InChI is InChI=1S/C30H37N3O15Se/c1-14(34)40-12-21-25(42-16(3)36)27(44-18(5)38)28(45-19(6)39)29(46-21)48-24-22(13-41-15(2)35)47-30(49-20-10-8-7-9-11-20)23(32-33-31)26(24)43-17(4)37/h7-11,21-30H,12-13H2,1-6H3/t21-,22-,23-,24-,25+,26-,27+,28-,29+,30-/m1/s1. The summed E-state index contributed by atoms with van der Waals surface area (Å²) in [5.41, 5.74) is 9.55. The number of carbonyl (C=O) groups excluding carboxylic acids is 6. The van der Waals surface area contributed by atoms with Crippen molar-refractivity contribution < 1.29 is 71.4 Å². The number of carbonyl (C=O) groups is 6. The molecule has 3 rings (SSSR count). The summed E-state index contributed by atoms with van der Waals surface area (Å²) in [5.74, 6) is -4.79. The molecule has 1 aromatic carbocycles. The van der Waals surface area contributed by atoms with E-state index in [0.717, 1.165) is 46.0 Å². The third-order valence-corrected chi connectivity index (χ3v) is 9.23. The topological polar surface area (TPSA) is 234 Å². The average molecular weight is 759 g/mol. The van der Waals surface area contributed by atoms with Crippen molar-refractivity contribution in [1.82, 2.24) is 0 Å². The van der Waals surface area contributed by atoms with Gasteiger partial charge in [0, 0.05) is 0 Å². The zero-order valence-corrected chi connectivity index (χ0v) is 29.2. The predicted octanol–water partition coefficient (Wildman–Crippen LogP) is 0.383. The molecule has 0 amide bonds. The Morgan fingerprint density at radius 1 is 0.673 bits per heavy atom. The summed E-state index contributed by atoms with van der Waals surface area (Å²) in [6.45, 7) is 5.61. The van der Waals surface area contributed by atoms with E-state index in [1.807, 2.05) is 18.2 Å². The Kier molecular flexibility index (Phi) is 14.8. The van der Waals surface area contributed by atoms with Gasteiger partial charge in [-0.1, -0.05) is 0 Å². The van der Waals surface area contributed by atoms with Crippen molar-refractivity contribution in [3.05, 3.63) is 40.8 Å². The molecule has 2 aliphatic heterocycles. The molecule has 19 heteroatoms. The SMILES string of the molecule is CC(=O)OC[C@H]1O[C@@H](O[C@H]2[C@H](OC(C)=O)[C@@H](N=[N+]=[N-])[C@@H]([Se]c3ccccc3)O[C@@H]2COC(C)=O)[C@H](OC(C)=O)[C@@H](OC(C)=O)[C@H]1OC(C)=O. The molecule has 10 atom stereocenters. The number of azide groups is 1. The van der Waals surface area contributed by atoms with Gasteiger partial charge in [-0.05, 0) is 0 Å². The maximum atomic E-state index is 12.5. The average Bonchev–Trinajstić information content (AvgIpc) is 3.00. The molecule has 268 valence electrons. The van der Waals surface area contributed by atoms with Crippen LogP contribution in [0.3, 0.4) is 0 Å². The molecule has 2 saturated heterocycles. The molecule has 0 bridgehead atoms. The third kappa shape index (κ3) is 11.7. The first-order valence-electron chi connectivity index (χ1n) is 14.9. The van der Waals surface area contributed by atoms with E-state index in [9.17, 15) is 34.3 Å². The van der Waals surface area contributed by atoms with Crippen LogP contribution in [0, 0.1) is 0 Å². The molecule has 0 spiro atoms. The van der Waals surface area contributed by atoms with Crippen molar-refractivity contribution in [1.29, 1.82) is 0 Å². The molecule has 2 fully saturated rings. The molecule has 0 N–H and O–H groups in total. The number of hydrogen-bond acceptors (Lipinski definition) is 16. The Bertz CT molecular complexity index is 1410. The van der Waals surface area contributed by atoms with Gasteiger partial charge in [0.2, 0.25) is 0 Å². The van der Waals surface area contributed by atoms with Gasteiger partial charge in [-0.25, -0.2) is 0 Å². The Labute approximate surface area is 287 Å². The third-order valence-electron chi connectivity index (χ3n) is 6.79. The summed E-state index contributed by atoms with van der Waals surface area (Å²) in [6.07, 6.45) is -11.8. The van der Waals surface area contributed by atoms with Crippen LogP contribution in [0.25, 0.3) is 10.4 Å². The Hall–Kier alpha value is -4.25. The molecule has 0 radical (unpaired) electrons. The number of benzene rings is 1. The summed E-state index contributed by atoms with van der Waals surface area (Å²) in [7, 11) is 0. The van der Waals surface area contributed by atoms with Gasteiger partial charge < -0.3 is 0 Å². The quantitative estimate of drug-likeness (QED) is 0.0661. The molecule has 49 heavy (non-hydrogen) atoms. The number of hydrogen-bond donors (Lipinski definition) is 0. The Balaban J connectivity index is 2.15. The summed E-state index contributed by atoms with van der Waals surface area (Å²) in [5, 5.41) is 3.03. The second-order valence-corrected chi connectivity index (χ2v) is 13.2. The summed E-state index contributed by atoms with van der Waals surface area (Å²) >= 11 is -0.549. The molecule has 0 unspecified atom stereocenters. The fourth-order valence-electron chi connectivity index (χ4n) is 5.08. The van der Waals surface area contributed by atoms with Crippen molar-refractivity contribution >= 4 is 55.2 Å². The van der Waals surface area contributed by atoms with E-state index >= 15 is 0 Å². The van der Waals surface area contributed by atoms with Crippen LogP contribution < -0.4 is 4.46 Å². The van der Waals surface area contributed by atoms with Crippen molar-refractivity contribution in [3.8, 4) is 0 Å². The molecule has 0 aromatic heterocycles. The number of esters is 6. The van der Waals surface area contributed by atoms with E-state index in [1.54, 1.807) is 12.1 Å². The Morgan fingerprint density at radius 3 is 1.67 bits per heavy atom. The van der Waals surface area contributed by atoms with Gasteiger partial charge in [0.05, 0.1) is 0 Å². The molecular weight excluding hydrogens is 721 g/mol. The molecular formula is C30H37N3O15Se. The van der Waals surface area contributed by atoms with E-state index < -0.39 is 124 Å². The van der Waals surface area contributed by atoms with E-state index in [-0.39, 0.29) is 0 Å². The van der Waals surface area contributed by atoms with Crippen LogP contribution in [0.1, 0.15) is 41.5 Å². The van der Waals surface area contributed by atoms with Crippen LogP contribution in [0.5, 0.6) is 0 Å². The first-order chi connectivity index (χ1) is 23.2. The molecule has 0 aliphatic carbocycles. The molecule has 2 aliphatic rings. The molecule has 18 nitrogen and oxygen atoms in total. The summed E-state index contributed by atoms with van der Waals surface area (Å²) in [4.78, 5) is 75.8. The zero-order chi connectivity index (χ0) is 36.2. The fraction of sp³-hybridized carbons (Fsp3) is 0.600. The second kappa shape index (κ2) is 18.5. The van der Waals surface area contributed by atoms with Gasteiger partial charge in [-0.2, -0.15) is 0 Å². The van der Waals surface area contributed by atoms with Crippen molar-refractivity contribution in [2.24, 2.45) is 5.11 Å². The Morgan fingerprint density at radius 2 is 1.16 bits per heavy atom. The fourth-order valence-corrected chi connectivity index (χ4v) is 7.45. The molecule has 1 aromatic rings. The van der Waals surface area contributed by atoms with E-state index in [0.29, 0.717) is 0 Å². The van der Waals surface area contributed by atoms with Gasteiger partial charge in [-0.3, -0.25) is 0 Å². The monoisotopic (exact) mass is 759 g/mol. The van der Waals surface area contributed by atoms with Crippen LogP contribution in [0.4, 0.5) is 0 Å². The van der Waals surface area contributed by atoms with Gasteiger partial charge in [0.25, 0.3) is 0 Å². The normalized spacial score (nSPS) is 29.3. The van der Waals surface area contributed by atoms with Crippen LogP contribution >= 0.6 is 0 Å². The van der Waals surface area contributed by atoms with Gasteiger partial charge in [0.15, 0.2) is 0 Å². The van der Waals surface area contributed by atoms with E-state index in [1.165, 1.54) is 0 Å². The molecule has 2 heterocycles. The number of nitrogens with zero attached hydrogens (tertiary/aromatic N) is 3. The van der Waals surface area contributed by atoms with Gasteiger partial charge in [-0.15, -0.1) is 0 Å². The van der Waals surface area contributed by atoms with Gasteiger partial charge in [0.1, 0.15) is 0 Å². The van der Waals surface area contributed by atoms with Gasteiger partial charge >= 0.3 is 287 Å². The van der Waals surface area contributed by atoms with Crippen molar-refractivity contribution in [2.75, 3.05) is 13.2 Å². The van der Waals surface area contributed by atoms with Crippen molar-refractivity contribution in [3.63, 3.8) is 0 Å². The van der Waals surface area contributed by atoms with Crippen LogP contribution in [-0.4, -0.2) is 124 Å². The van der Waals surface area contributed by atoms with E-state index in [4.69, 9.17) is 42.6 Å². The van der Waals surface area contributed by atoms with Crippen LogP contribution in [-0.2, 0) is 71.4 Å². The molecule has 0 saturated carbocycles. The number of ether oxygens (including phenoxy) is 9. The van der Waals surface area contributed by atoms with Crippen LogP contribution in [0.15, 0.2) is 35.4 Å². The van der Waals surface area contributed by atoms with Crippen molar-refractivity contribution in [2.45, 2.75) is 102 Å². The zero-order valence-electron chi connectivity index (χ0n) is 27.4. The second-order valence-electron chi connectivity index (χ2n) is 10.7. The maximum absolute atomic E-state index is 12.5.